The number of anilines is 2. The van der Waals surface area contributed by atoms with Crippen LogP contribution < -0.4 is 15.4 Å². The molecule has 0 aliphatic rings. The van der Waals surface area contributed by atoms with Gasteiger partial charge in [0.15, 0.2) is 0 Å². The molecule has 2 N–H and O–H groups in total. The van der Waals surface area contributed by atoms with Crippen LogP contribution in [0.15, 0.2) is 61.1 Å². The molecule has 0 bridgehead atoms. The second kappa shape index (κ2) is 7.97. The van der Waals surface area contributed by atoms with Crippen molar-refractivity contribution >= 4 is 28.4 Å². The van der Waals surface area contributed by atoms with E-state index in [-0.39, 0.29) is 11.9 Å². The SMILES string of the molecule is CNc1ncccc1Cn1ccc2cnc(Oc3cccc(NC(C)=O)c3)nc21. The fraction of sp³-hybridized carbons (Fsp3) is 0.143. The molecular formula is C21H20N6O2. The summed E-state index contributed by atoms with van der Waals surface area (Å²) in [7, 11) is 1.85. The van der Waals surface area contributed by atoms with Crippen LogP contribution in [0, 0.1) is 0 Å². The molecule has 0 spiro atoms. The van der Waals surface area contributed by atoms with Gasteiger partial charge in [0, 0.05) is 55.3 Å². The summed E-state index contributed by atoms with van der Waals surface area (Å²) in [6.45, 7) is 2.07. The van der Waals surface area contributed by atoms with Crippen LogP contribution in [0.4, 0.5) is 11.5 Å². The zero-order chi connectivity index (χ0) is 20.2. The number of aromatic nitrogens is 4. The van der Waals surface area contributed by atoms with Crippen molar-refractivity contribution in [3.63, 3.8) is 0 Å². The molecule has 3 heterocycles. The minimum atomic E-state index is -0.144. The summed E-state index contributed by atoms with van der Waals surface area (Å²) in [6, 6.07) is 13.2. The maximum Gasteiger partial charge on any atom is 0.323 e. The largest absolute Gasteiger partial charge is 0.424 e. The second-order valence-electron chi connectivity index (χ2n) is 6.45. The third kappa shape index (κ3) is 4.16. The van der Waals surface area contributed by atoms with Crippen molar-refractivity contribution in [2.75, 3.05) is 17.7 Å². The fourth-order valence-corrected chi connectivity index (χ4v) is 3.05. The lowest BCUT2D eigenvalue weighted by Crippen LogP contribution is -2.06. The van der Waals surface area contributed by atoms with Crippen molar-refractivity contribution in [3.8, 4) is 11.8 Å². The van der Waals surface area contributed by atoms with E-state index in [9.17, 15) is 4.79 Å². The van der Waals surface area contributed by atoms with Gasteiger partial charge in [-0.3, -0.25) is 4.79 Å². The molecule has 29 heavy (non-hydrogen) atoms. The van der Waals surface area contributed by atoms with Crippen LogP contribution in [0.3, 0.4) is 0 Å². The first-order chi connectivity index (χ1) is 14.1. The number of nitrogens with zero attached hydrogens (tertiary/aromatic N) is 4. The van der Waals surface area contributed by atoms with Gasteiger partial charge < -0.3 is 19.9 Å². The third-order valence-electron chi connectivity index (χ3n) is 4.31. The second-order valence-corrected chi connectivity index (χ2v) is 6.45. The van der Waals surface area contributed by atoms with E-state index in [1.807, 2.05) is 36.0 Å². The number of nitrogens with one attached hydrogen (secondary N) is 2. The Morgan fingerprint density at radius 2 is 2.07 bits per heavy atom. The van der Waals surface area contributed by atoms with Gasteiger partial charge >= 0.3 is 6.01 Å². The Labute approximate surface area is 167 Å². The summed E-state index contributed by atoms with van der Waals surface area (Å²) in [5.74, 6) is 1.22. The highest BCUT2D eigenvalue weighted by Gasteiger charge is 2.10. The van der Waals surface area contributed by atoms with Gasteiger partial charge in [0.2, 0.25) is 5.91 Å². The first kappa shape index (κ1) is 18.4. The maximum atomic E-state index is 11.2. The van der Waals surface area contributed by atoms with Crippen molar-refractivity contribution in [1.82, 2.24) is 19.5 Å². The number of amides is 1. The Kier molecular flexibility index (Phi) is 5.07. The highest BCUT2D eigenvalue weighted by Crippen LogP contribution is 2.24. The van der Waals surface area contributed by atoms with Crippen LogP contribution in [0.25, 0.3) is 11.0 Å². The van der Waals surface area contributed by atoms with Gasteiger partial charge in [-0.1, -0.05) is 12.1 Å². The quantitative estimate of drug-likeness (QED) is 0.523. The molecule has 1 amide bonds. The zero-order valence-corrected chi connectivity index (χ0v) is 16.1. The average molecular weight is 388 g/mol. The molecule has 1 aromatic carbocycles. The maximum absolute atomic E-state index is 11.2. The Hall–Kier alpha value is -3.94. The number of hydrogen-bond acceptors (Lipinski definition) is 6. The number of carbonyl (C=O) groups excluding carboxylic acids is 1. The smallest absolute Gasteiger partial charge is 0.323 e. The number of pyridine rings is 1. The molecule has 0 saturated heterocycles. The Bertz CT molecular complexity index is 1170. The van der Waals surface area contributed by atoms with Crippen molar-refractivity contribution in [3.05, 3.63) is 66.6 Å². The number of ether oxygens (including phenoxy) is 1. The predicted molar refractivity (Wildman–Crippen MR) is 111 cm³/mol. The molecular weight excluding hydrogens is 368 g/mol. The van der Waals surface area contributed by atoms with Gasteiger partial charge in [0.1, 0.15) is 17.2 Å². The van der Waals surface area contributed by atoms with E-state index in [1.54, 1.807) is 36.7 Å². The highest BCUT2D eigenvalue weighted by molar-refractivity contribution is 5.88. The number of benzene rings is 1. The third-order valence-corrected chi connectivity index (χ3v) is 4.31. The van der Waals surface area contributed by atoms with Crippen LogP contribution in [0.5, 0.6) is 11.8 Å². The number of rotatable bonds is 6. The molecule has 0 saturated carbocycles. The van der Waals surface area contributed by atoms with E-state index in [0.717, 1.165) is 22.4 Å². The van der Waals surface area contributed by atoms with Gasteiger partial charge in [-0.2, -0.15) is 4.98 Å². The summed E-state index contributed by atoms with van der Waals surface area (Å²) in [4.78, 5) is 24.5. The van der Waals surface area contributed by atoms with Crippen LogP contribution in [0.1, 0.15) is 12.5 Å². The number of hydrogen-bond donors (Lipinski definition) is 2. The van der Waals surface area contributed by atoms with Gasteiger partial charge in [-0.05, 0) is 24.3 Å². The van der Waals surface area contributed by atoms with E-state index in [2.05, 4.69) is 25.6 Å². The monoisotopic (exact) mass is 388 g/mol. The molecule has 8 nitrogen and oxygen atoms in total. The van der Waals surface area contributed by atoms with Gasteiger partial charge in [0.05, 0.1) is 6.54 Å². The molecule has 0 aliphatic heterocycles. The molecule has 0 aliphatic carbocycles. The van der Waals surface area contributed by atoms with E-state index in [4.69, 9.17) is 4.74 Å². The van der Waals surface area contributed by atoms with Crippen LogP contribution >= 0.6 is 0 Å². The average Bonchev–Trinajstić information content (AvgIpc) is 3.10. The van der Waals surface area contributed by atoms with Gasteiger partial charge in [-0.15, -0.1) is 0 Å². The zero-order valence-electron chi connectivity index (χ0n) is 16.1. The fourth-order valence-electron chi connectivity index (χ4n) is 3.05. The molecule has 0 fully saturated rings. The predicted octanol–water partition coefficient (Wildman–Crippen LogP) is 3.67. The minimum absolute atomic E-state index is 0.144. The summed E-state index contributed by atoms with van der Waals surface area (Å²) >= 11 is 0. The lowest BCUT2D eigenvalue weighted by atomic mass is 10.2. The molecule has 4 rings (SSSR count). The standard InChI is InChI=1S/C21H20N6O2/c1-14(28)25-17-6-3-7-18(11-17)29-21-24-12-15-8-10-27(20(15)26-21)13-16-5-4-9-23-19(16)22-2/h3-12H,13H2,1-2H3,(H,22,23)(H,25,28). The Balaban J connectivity index is 1.61. The van der Waals surface area contributed by atoms with E-state index in [0.29, 0.717) is 18.0 Å². The first-order valence-corrected chi connectivity index (χ1v) is 9.11. The van der Waals surface area contributed by atoms with E-state index < -0.39 is 0 Å². The van der Waals surface area contributed by atoms with E-state index in [1.165, 1.54) is 6.92 Å². The summed E-state index contributed by atoms with van der Waals surface area (Å²) < 4.78 is 7.84. The summed E-state index contributed by atoms with van der Waals surface area (Å²) in [5, 5.41) is 6.75. The van der Waals surface area contributed by atoms with Crippen molar-refractivity contribution in [1.29, 1.82) is 0 Å². The summed E-state index contributed by atoms with van der Waals surface area (Å²) in [6.07, 6.45) is 5.45. The lowest BCUT2D eigenvalue weighted by Gasteiger charge is -2.10. The molecule has 8 heteroatoms. The van der Waals surface area contributed by atoms with Crippen molar-refractivity contribution in [2.45, 2.75) is 13.5 Å². The number of carbonyl (C=O) groups is 1. The van der Waals surface area contributed by atoms with Gasteiger partial charge in [-0.25, -0.2) is 9.97 Å². The van der Waals surface area contributed by atoms with Crippen molar-refractivity contribution in [2.24, 2.45) is 0 Å². The molecule has 3 aromatic heterocycles. The molecule has 0 unspecified atom stereocenters. The minimum Gasteiger partial charge on any atom is -0.424 e. The molecule has 0 atom stereocenters. The number of fused-ring (bicyclic) bond motifs is 1. The van der Waals surface area contributed by atoms with Crippen LogP contribution in [0.2, 0.25) is 0 Å². The first-order valence-electron chi connectivity index (χ1n) is 9.11. The summed E-state index contributed by atoms with van der Waals surface area (Å²) in [5.41, 5.74) is 2.46. The highest BCUT2D eigenvalue weighted by atomic mass is 16.5. The Morgan fingerprint density at radius 3 is 2.90 bits per heavy atom. The van der Waals surface area contributed by atoms with Gasteiger partial charge in [0.25, 0.3) is 0 Å². The van der Waals surface area contributed by atoms with Crippen molar-refractivity contribution < 1.29 is 9.53 Å². The Morgan fingerprint density at radius 1 is 1.17 bits per heavy atom. The normalized spacial score (nSPS) is 10.7. The molecule has 0 radical (unpaired) electrons. The topological polar surface area (TPSA) is 94.0 Å². The lowest BCUT2D eigenvalue weighted by molar-refractivity contribution is -0.114. The van der Waals surface area contributed by atoms with Crippen LogP contribution in [-0.4, -0.2) is 32.5 Å². The van der Waals surface area contributed by atoms with E-state index >= 15 is 0 Å². The van der Waals surface area contributed by atoms with Crippen LogP contribution in [-0.2, 0) is 11.3 Å². The molecule has 4 aromatic rings. The molecule has 146 valence electrons.